The van der Waals surface area contributed by atoms with Crippen LogP contribution in [0.1, 0.15) is 42.0 Å². The molecule has 27 heavy (non-hydrogen) atoms. The molecule has 4 nitrogen and oxygen atoms in total. The van der Waals surface area contributed by atoms with Gasteiger partial charge in [-0.05, 0) is 60.0 Å². The Morgan fingerprint density at radius 2 is 1.63 bits per heavy atom. The second-order valence-corrected chi connectivity index (χ2v) is 7.14. The highest BCUT2D eigenvalue weighted by atomic mass is 35.5. The first-order valence-electron chi connectivity index (χ1n) is 8.85. The van der Waals surface area contributed by atoms with Gasteiger partial charge in [-0.2, -0.15) is 5.10 Å². The minimum atomic E-state index is 0.421. The molecule has 4 rings (SSSR count). The molecule has 1 aliphatic rings. The lowest BCUT2D eigenvalue weighted by atomic mass is 9.95. The Hall–Kier alpha value is -2.98. The van der Waals surface area contributed by atoms with Crippen molar-refractivity contribution in [3.05, 3.63) is 94.3 Å². The molecule has 0 spiro atoms. The number of amidine groups is 1. The number of aromatic nitrogens is 1. The molecule has 0 saturated carbocycles. The fourth-order valence-electron chi connectivity index (χ4n) is 2.98. The third kappa shape index (κ3) is 3.62. The summed E-state index contributed by atoms with van der Waals surface area (Å²) in [6, 6.07) is 17.8. The molecule has 0 unspecified atom stereocenters. The number of nitrogens with one attached hydrogen (secondary N) is 1. The lowest BCUT2D eigenvalue weighted by Crippen LogP contribution is -2.19. The maximum atomic E-state index is 6.02. The number of rotatable bonds is 3. The zero-order valence-electron chi connectivity index (χ0n) is 15.1. The second-order valence-electron chi connectivity index (χ2n) is 6.71. The van der Waals surface area contributed by atoms with Crippen LogP contribution in [-0.2, 0) is 0 Å². The average Bonchev–Trinajstić information content (AvgIpc) is 2.88. The van der Waals surface area contributed by atoms with Gasteiger partial charge in [0.05, 0.1) is 5.69 Å². The topological polar surface area (TPSA) is 49.6 Å². The lowest BCUT2D eigenvalue weighted by molar-refractivity contribution is 0.866. The van der Waals surface area contributed by atoms with E-state index in [2.05, 4.69) is 42.5 Å². The number of hydrogen-bond acceptors (Lipinski definition) is 4. The Bertz CT molecular complexity index is 1020. The van der Waals surface area contributed by atoms with Gasteiger partial charge in [0.2, 0.25) is 0 Å². The van der Waals surface area contributed by atoms with Gasteiger partial charge in [0.25, 0.3) is 0 Å². The summed E-state index contributed by atoms with van der Waals surface area (Å²) in [5.41, 5.74) is 9.04. The van der Waals surface area contributed by atoms with Gasteiger partial charge in [0.15, 0.2) is 5.84 Å². The standard InChI is InChI=1S/C22H19ClN4/c1-14(2)17-5-8-20-19(13-17)21(15-9-11-24-12-10-15)26-27-22(25-20)16-3-6-18(23)7-4-16/h3-14H,1-2H3,(H,25,27). The zero-order valence-corrected chi connectivity index (χ0v) is 15.9. The fraction of sp³-hybridized carbons (Fsp3) is 0.136. The molecule has 0 saturated heterocycles. The molecule has 1 N–H and O–H groups in total. The Labute approximate surface area is 163 Å². The van der Waals surface area contributed by atoms with E-state index in [-0.39, 0.29) is 0 Å². The summed E-state index contributed by atoms with van der Waals surface area (Å²) in [5, 5.41) is 5.38. The van der Waals surface area contributed by atoms with Gasteiger partial charge >= 0.3 is 0 Å². The van der Waals surface area contributed by atoms with Crippen LogP contribution in [0.4, 0.5) is 5.69 Å². The Kier molecular flexibility index (Phi) is 4.73. The van der Waals surface area contributed by atoms with Crippen molar-refractivity contribution in [3.8, 4) is 0 Å². The number of nitrogens with zero attached hydrogens (tertiary/aromatic N) is 3. The predicted molar refractivity (Wildman–Crippen MR) is 111 cm³/mol. The molecule has 0 amide bonds. The fourth-order valence-corrected chi connectivity index (χ4v) is 3.11. The summed E-state index contributed by atoms with van der Waals surface area (Å²) in [6.45, 7) is 4.37. The molecule has 2 heterocycles. The highest BCUT2D eigenvalue weighted by Crippen LogP contribution is 2.29. The molecule has 0 bridgehead atoms. The third-order valence-electron chi connectivity index (χ3n) is 4.52. The normalized spacial score (nSPS) is 13.3. The second kappa shape index (κ2) is 7.33. The van der Waals surface area contributed by atoms with Crippen LogP contribution >= 0.6 is 11.6 Å². The van der Waals surface area contributed by atoms with Crippen molar-refractivity contribution in [3.63, 3.8) is 0 Å². The van der Waals surface area contributed by atoms with E-state index in [9.17, 15) is 0 Å². The van der Waals surface area contributed by atoms with Gasteiger partial charge in [0.1, 0.15) is 5.71 Å². The summed E-state index contributed by atoms with van der Waals surface area (Å²) < 4.78 is 0. The van der Waals surface area contributed by atoms with E-state index >= 15 is 0 Å². The molecule has 0 fully saturated rings. The monoisotopic (exact) mass is 374 g/mol. The van der Waals surface area contributed by atoms with Crippen molar-refractivity contribution in [1.29, 1.82) is 0 Å². The molecule has 0 aliphatic carbocycles. The third-order valence-corrected chi connectivity index (χ3v) is 4.77. The van der Waals surface area contributed by atoms with Crippen LogP contribution < -0.4 is 5.43 Å². The molecule has 5 heteroatoms. The number of fused-ring (bicyclic) bond motifs is 1. The number of aliphatic imine (C=N–C) groups is 1. The summed E-state index contributed by atoms with van der Waals surface area (Å²) in [4.78, 5) is 8.97. The minimum Gasteiger partial charge on any atom is -0.265 e. The quantitative estimate of drug-likeness (QED) is 0.676. The van der Waals surface area contributed by atoms with Crippen LogP contribution in [0.2, 0.25) is 5.02 Å². The number of hydrogen-bond donors (Lipinski definition) is 1. The van der Waals surface area contributed by atoms with Crippen LogP contribution in [0.15, 0.2) is 77.1 Å². The van der Waals surface area contributed by atoms with Crippen molar-refractivity contribution in [2.24, 2.45) is 10.1 Å². The van der Waals surface area contributed by atoms with E-state index in [4.69, 9.17) is 21.7 Å². The lowest BCUT2D eigenvalue weighted by Gasteiger charge is -2.11. The Balaban J connectivity index is 1.88. The molecule has 1 aliphatic heterocycles. The van der Waals surface area contributed by atoms with E-state index in [0.29, 0.717) is 16.8 Å². The predicted octanol–water partition coefficient (Wildman–Crippen LogP) is 5.29. The molecule has 134 valence electrons. The van der Waals surface area contributed by atoms with Gasteiger partial charge in [-0.25, -0.2) is 4.99 Å². The van der Waals surface area contributed by atoms with Gasteiger partial charge in [-0.3, -0.25) is 10.4 Å². The molecule has 0 radical (unpaired) electrons. The van der Waals surface area contributed by atoms with E-state index < -0.39 is 0 Å². The van der Waals surface area contributed by atoms with Crippen molar-refractivity contribution < 1.29 is 0 Å². The highest BCUT2D eigenvalue weighted by Gasteiger charge is 2.18. The van der Waals surface area contributed by atoms with Crippen molar-refractivity contribution in [1.82, 2.24) is 10.4 Å². The van der Waals surface area contributed by atoms with Gasteiger partial charge in [-0.15, -0.1) is 0 Å². The molecular weight excluding hydrogens is 356 g/mol. The van der Waals surface area contributed by atoms with Gasteiger partial charge in [0, 0.05) is 34.1 Å². The van der Waals surface area contributed by atoms with Crippen LogP contribution in [-0.4, -0.2) is 16.5 Å². The van der Waals surface area contributed by atoms with Crippen LogP contribution in [0.3, 0.4) is 0 Å². The first-order valence-corrected chi connectivity index (χ1v) is 9.22. The number of pyridine rings is 1. The van der Waals surface area contributed by atoms with Crippen molar-refractivity contribution in [2.75, 3.05) is 0 Å². The van der Waals surface area contributed by atoms with E-state index in [1.165, 1.54) is 5.56 Å². The average molecular weight is 375 g/mol. The van der Waals surface area contributed by atoms with E-state index in [1.54, 1.807) is 12.4 Å². The summed E-state index contributed by atoms with van der Waals surface area (Å²) >= 11 is 6.02. The number of halogens is 1. The van der Waals surface area contributed by atoms with Crippen molar-refractivity contribution in [2.45, 2.75) is 19.8 Å². The van der Waals surface area contributed by atoms with Crippen LogP contribution in [0.5, 0.6) is 0 Å². The van der Waals surface area contributed by atoms with Gasteiger partial charge in [-0.1, -0.05) is 31.5 Å². The largest absolute Gasteiger partial charge is 0.265 e. The minimum absolute atomic E-state index is 0.421. The summed E-state index contributed by atoms with van der Waals surface area (Å²) in [7, 11) is 0. The van der Waals surface area contributed by atoms with Gasteiger partial charge < -0.3 is 0 Å². The zero-order chi connectivity index (χ0) is 18.8. The first-order chi connectivity index (χ1) is 13.1. The Morgan fingerprint density at radius 3 is 2.33 bits per heavy atom. The molecule has 0 atom stereocenters. The SMILES string of the molecule is CC(C)c1ccc2c(c1)C(c1ccncc1)=NNC(c1ccc(Cl)cc1)=N2. The molecule has 2 aromatic carbocycles. The molecule has 3 aromatic rings. The highest BCUT2D eigenvalue weighted by molar-refractivity contribution is 6.30. The van der Waals surface area contributed by atoms with E-state index in [0.717, 1.165) is 28.1 Å². The first kappa shape index (κ1) is 17.4. The summed E-state index contributed by atoms with van der Waals surface area (Å²) in [6.07, 6.45) is 3.55. The maximum Gasteiger partial charge on any atom is 0.154 e. The Morgan fingerprint density at radius 1 is 0.889 bits per heavy atom. The van der Waals surface area contributed by atoms with Crippen molar-refractivity contribution >= 4 is 28.8 Å². The maximum absolute atomic E-state index is 6.02. The number of benzene rings is 2. The molecular formula is C22H19ClN4. The van der Waals surface area contributed by atoms with Crippen LogP contribution in [0, 0.1) is 0 Å². The van der Waals surface area contributed by atoms with Crippen LogP contribution in [0.25, 0.3) is 0 Å². The smallest absolute Gasteiger partial charge is 0.154 e. The number of hydrazone groups is 1. The summed E-state index contributed by atoms with van der Waals surface area (Å²) in [5.74, 6) is 1.11. The molecule has 1 aromatic heterocycles. The van der Waals surface area contributed by atoms with E-state index in [1.807, 2.05) is 36.4 Å².